The van der Waals surface area contributed by atoms with Crippen LogP contribution < -0.4 is 10.5 Å². The van der Waals surface area contributed by atoms with Crippen LogP contribution in [-0.2, 0) is 5.33 Å². The first kappa shape index (κ1) is 12.1. The molecule has 0 radical (unpaired) electrons. The summed E-state index contributed by atoms with van der Waals surface area (Å²) < 4.78 is 39.7. The fourth-order valence-electron chi connectivity index (χ4n) is 1.04. The van der Waals surface area contributed by atoms with Gasteiger partial charge in [-0.05, 0) is 6.92 Å². The highest BCUT2D eigenvalue weighted by atomic mass is 79.9. The minimum absolute atomic E-state index is 0.193. The molecule has 1 heterocycles. The number of pyridine rings is 1. The van der Waals surface area contributed by atoms with Crippen LogP contribution in [0.15, 0.2) is 6.20 Å². The minimum atomic E-state index is -4.72. The van der Waals surface area contributed by atoms with Crippen molar-refractivity contribution in [2.75, 3.05) is 5.73 Å². The third kappa shape index (κ3) is 2.98. The van der Waals surface area contributed by atoms with Crippen molar-refractivity contribution < 1.29 is 17.9 Å². The normalized spacial score (nSPS) is 11.5. The van der Waals surface area contributed by atoms with Gasteiger partial charge in [0.25, 0.3) is 0 Å². The van der Waals surface area contributed by atoms with Crippen LogP contribution in [0.4, 0.5) is 19.0 Å². The largest absolute Gasteiger partial charge is 0.573 e. The molecule has 0 spiro atoms. The van der Waals surface area contributed by atoms with Gasteiger partial charge in [0.15, 0.2) is 5.75 Å². The first-order valence-electron chi connectivity index (χ1n) is 3.91. The average molecular weight is 285 g/mol. The van der Waals surface area contributed by atoms with Crippen LogP contribution in [0.2, 0.25) is 0 Å². The van der Waals surface area contributed by atoms with Gasteiger partial charge in [0.1, 0.15) is 5.82 Å². The van der Waals surface area contributed by atoms with Crippen LogP contribution in [0.5, 0.6) is 5.75 Å². The molecule has 3 nitrogen and oxygen atoms in total. The lowest BCUT2D eigenvalue weighted by molar-refractivity contribution is -0.275. The van der Waals surface area contributed by atoms with E-state index < -0.39 is 6.36 Å². The zero-order valence-corrected chi connectivity index (χ0v) is 9.32. The number of halogens is 4. The molecule has 0 aliphatic carbocycles. The summed E-state index contributed by atoms with van der Waals surface area (Å²) in [5, 5.41) is 0.326. The molecule has 2 N–H and O–H groups in total. The van der Waals surface area contributed by atoms with E-state index in [1.165, 1.54) is 6.92 Å². The van der Waals surface area contributed by atoms with Crippen molar-refractivity contribution in [3.63, 3.8) is 0 Å². The van der Waals surface area contributed by atoms with Gasteiger partial charge in [0, 0.05) is 16.5 Å². The molecule has 0 amide bonds. The van der Waals surface area contributed by atoms with Crippen molar-refractivity contribution in [2.24, 2.45) is 0 Å². The lowest BCUT2D eigenvalue weighted by Gasteiger charge is -2.13. The van der Waals surface area contributed by atoms with E-state index in [-0.39, 0.29) is 11.6 Å². The van der Waals surface area contributed by atoms with Gasteiger partial charge >= 0.3 is 6.36 Å². The Kier molecular flexibility index (Phi) is 3.43. The monoisotopic (exact) mass is 284 g/mol. The Balaban J connectivity index is 3.11. The van der Waals surface area contributed by atoms with Gasteiger partial charge in [-0.25, -0.2) is 4.98 Å². The number of hydrogen-bond acceptors (Lipinski definition) is 3. The van der Waals surface area contributed by atoms with Crippen LogP contribution >= 0.6 is 15.9 Å². The van der Waals surface area contributed by atoms with Gasteiger partial charge in [0.05, 0.1) is 6.20 Å². The molecule has 15 heavy (non-hydrogen) atoms. The zero-order valence-electron chi connectivity index (χ0n) is 7.73. The van der Waals surface area contributed by atoms with Crippen molar-refractivity contribution in [3.05, 3.63) is 17.3 Å². The van der Waals surface area contributed by atoms with Gasteiger partial charge in [-0.1, -0.05) is 15.9 Å². The number of nitrogen functional groups attached to an aromatic ring is 1. The molecule has 0 aromatic carbocycles. The lowest BCUT2D eigenvalue weighted by atomic mass is 10.1. The summed E-state index contributed by atoms with van der Waals surface area (Å²) in [6.07, 6.45) is -3.75. The minimum Gasteiger partial charge on any atom is -0.404 e. The average Bonchev–Trinajstić information content (AvgIpc) is 2.09. The smallest absolute Gasteiger partial charge is 0.404 e. The van der Waals surface area contributed by atoms with E-state index in [1.54, 1.807) is 0 Å². The first-order valence-corrected chi connectivity index (χ1v) is 5.03. The number of alkyl halides is 4. The zero-order chi connectivity index (χ0) is 11.6. The summed E-state index contributed by atoms with van der Waals surface area (Å²) in [6, 6.07) is 0. The van der Waals surface area contributed by atoms with Crippen molar-refractivity contribution in [1.29, 1.82) is 0 Å². The van der Waals surface area contributed by atoms with Gasteiger partial charge in [-0.2, -0.15) is 0 Å². The SMILES string of the molecule is Cc1c(OC(F)(F)F)cnc(N)c1CBr. The molecular weight excluding hydrogens is 277 g/mol. The Morgan fingerprint density at radius 2 is 2.13 bits per heavy atom. The van der Waals surface area contributed by atoms with Crippen molar-refractivity contribution in [2.45, 2.75) is 18.6 Å². The molecule has 0 bridgehead atoms. The molecule has 0 atom stereocenters. The predicted molar refractivity (Wildman–Crippen MR) is 52.7 cm³/mol. The molecule has 0 aliphatic heterocycles. The summed E-state index contributed by atoms with van der Waals surface area (Å²) in [5.41, 5.74) is 6.31. The van der Waals surface area contributed by atoms with Gasteiger partial charge in [0.2, 0.25) is 0 Å². The van der Waals surface area contributed by atoms with Crippen LogP contribution in [-0.4, -0.2) is 11.3 Å². The third-order valence-corrected chi connectivity index (χ3v) is 2.37. The van der Waals surface area contributed by atoms with Gasteiger partial charge in [-0.3, -0.25) is 0 Å². The third-order valence-electron chi connectivity index (χ3n) is 1.81. The Morgan fingerprint density at radius 1 is 1.53 bits per heavy atom. The van der Waals surface area contributed by atoms with E-state index in [9.17, 15) is 13.2 Å². The number of rotatable bonds is 2. The van der Waals surface area contributed by atoms with Crippen LogP contribution in [0.25, 0.3) is 0 Å². The molecule has 0 unspecified atom stereocenters. The Bertz CT molecular complexity index is 368. The molecule has 0 fully saturated rings. The summed E-state index contributed by atoms with van der Waals surface area (Å²) in [6.45, 7) is 1.50. The molecule has 1 aromatic heterocycles. The first-order chi connectivity index (χ1) is 6.85. The van der Waals surface area contributed by atoms with E-state index in [4.69, 9.17) is 5.73 Å². The van der Waals surface area contributed by atoms with Crippen molar-refractivity contribution in [1.82, 2.24) is 4.98 Å². The molecule has 0 aliphatic rings. The predicted octanol–water partition coefficient (Wildman–Crippen LogP) is 2.77. The summed E-state index contributed by atoms with van der Waals surface area (Å²) >= 11 is 3.12. The second-order valence-corrected chi connectivity index (χ2v) is 3.35. The highest BCUT2D eigenvalue weighted by Crippen LogP contribution is 2.30. The van der Waals surface area contributed by atoms with Crippen LogP contribution in [0, 0.1) is 6.92 Å². The Labute approximate surface area is 92.6 Å². The highest BCUT2D eigenvalue weighted by Gasteiger charge is 2.32. The number of ether oxygens (including phenoxy) is 1. The van der Waals surface area contributed by atoms with Gasteiger partial charge in [-0.15, -0.1) is 13.2 Å². The molecule has 1 rings (SSSR count). The summed E-state index contributed by atoms with van der Waals surface area (Å²) in [5.74, 6) is -0.134. The Morgan fingerprint density at radius 3 is 2.60 bits per heavy atom. The second kappa shape index (κ2) is 4.26. The second-order valence-electron chi connectivity index (χ2n) is 2.79. The fourth-order valence-corrected chi connectivity index (χ4v) is 1.75. The molecular formula is C8H8BrF3N2O. The quantitative estimate of drug-likeness (QED) is 0.850. The highest BCUT2D eigenvalue weighted by molar-refractivity contribution is 9.08. The number of nitrogens with two attached hydrogens (primary N) is 1. The number of hydrogen-bond donors (Lipinski definition) is 1. The van der Waals surface area contributed by atoms with E-state index in [0.717, 1.165) is 6.20 Å². The molecule has 0 saturated carbocycles. The number of anilines is 1. The maximum atomic E-state index is 12.0. The van der Waals surface area contributed by atoms with E-state index in [1.807, 2.05) is 0 Å². The lowest BCUT2D eigenvalue weighted by Crippen LogP contribution is -2.18. The van der Waals surface area contributed by atoms with Crippen molar-refractivity contribution in [3.8, 4) is 5.75 Å². The molecule has 84 valence electrons. The maximum absolute atomic E-state index is 12.0. The molecule has 0 saturated heterocycles. The number of nitrogens with zero attached hydrogens (tertiary/aromatic N) is 1. The Hall–Kier alpha value is -0.980. The van der Waals surface area contributed by atoms with Crippen molar-refractivity contribution >= 4 is 21.7 Å². The van der Waals surface area contributed by atoms with Crippen LogP contribution in [0.3, 0.4) is 0 Å². The topological polar surface area (TPSA) is 48.1 Å². The van der Waals surface area contributed by atoms with E-state index in [0.29, 0.717) is 16.5 Å². The number of aromatic nitrogens is 1. The van der Waals surface area contributed by atoms with Gasteiger partial charge < -0.3 is 10.5 Å². The van der Waals surface area contributed by atoms with Crippen LogP contribution in [0.1, 0.15) is 11.1 Å². The summed E-state index contributed by atoms with van der Waals surface area (Å²) in [7, 11) is 0. The molecule has 1 aromatic rings. The fraction of sp³-hybridized carbons (Fsp3) is 0.375. The summed E-state index contributed by atoms with van der Waals surface area (Å²) in [4.78, 5) is 3.62. The standard InChI is InChI=1S/C8H8BrF3N2O/c1-4-5(2-9)7(13)14-3-6(4)15-8(10,11)12/h3H,2H2,1H3,(H2,13,14). The van der Waals surface area contributed by atoms with E-state index in [2.05, 4.69) is 25.7 Å². The maximum Gasteiger partial charge on any atom is 0.573 e. The van der Waals surface area contributed by atoms with E-state index >= 15 is 0 Å². The molecule has 7 heteroatoms.